The number of aliphatic hydroxyl groups is 1. The second-order valence-electron chi connectivity index (χ2n) is 3.82. The lowest BCUT2D eigenvalue weighted by Gasteiger charge is -2.08. The van der Waals surface area contributed by atoms with Gasteiger partial charge in [-0.05, 0) is 18.6 Å². The quantitative estimate of drug-likeness (QED) is 0.833. The van der Waals surface area contributed by atoms with Crippen LogP contribution in [-0.4, -0.2) is 14.7 Å². The monoisotopic (exact) mass is 204 g/mol. The van der Waals surface area contributed by atoms with Gasteiger partial charge in [-0.3, -0.25) is 0 Å². The highest BCUT2D eigenvalue weighted by atomic mass is 16.3. The van der Waals surface area contributed by atoms with Gasteiger partial charge in [0, 0.05) is 7.05 Å². The SMILES string of the molecule is CCCC(O)c1nc2ccccc2n1C. The molecule has 2 aromatic rings. The van der Waals surface area contributed by atoms with Gasteiger partial charge in [0.15, 0.2) is 0 Å². The summed E-state index contributed by atoms with van der Waals surface area (Å²) < 4.78 is 1.97. The van der Waals surface area contributed by atoms with E-state index in [0.717, 1.165) is 29.7 Å². The van der Waals surface area contributed by atoms with Crippen molar-refractivity contribution in [2.45, 2.75) is 25.9 Å². The molecule has 1 aromatic carbocycles. The van der Waals surface area contributed by atoms with Gasteiger partial charge >= 0.3 is 0 Å². The first-order valence-electron chi connectivity index (χ1n) is 5.33. The van der Waals surface area contributed by atoms with Crippen LogP contribution in [0.3, 0.4) is 0 Å². The molecule has 3 heteroatoms. The van der Waals surface area contributed by atoms with E-state index in [1.54, 1.807) is 0 Å². The molecule has 0 fully saturated rings. The van der Waals surface area contributed by atoms with Gasteiger partial charge in [0.2, 0.25) is 0 Å². The molecule has 15 heavy (non-hydrogen) atoms. The Morgan fingerprint density at radius 1 is 1.40 bits per heavy atom. The van der Waals surface area contributed by atoms with Crippen molar-refractivity contribution in [3.63, 3.8) is 0 Å². The van der Waals surface area contributed by atoms with Gasteiger partial charge in [-0.2, -0.15) is 0 Å². The van der Waals surface area contributed by atoms with E-state index in [2.05, 4.69) is 11.9 Å². The van der Waals surface area contributed by atoms with E-state index in [4.69, 9.17) is 0 Å². The van der Waals surface area contributed by atoms with Crippen LogP contribution in [0.25, 0.3) is 11.0 Å². The topological polar surface area (TPSA) is 38.1 Å². The molecule has 1 atom stereocenters. The van der Waals surface area contributed by atoms with Crippen molar-refractivity contribution in [1.82, 2.24) is 9.55 Å². The molecule has 3 nitrogen and oxygen atoms in total. The van der Waals surface area contributed by atoms with Crippen LogP contribution in [0, 0.1) is 0 Å². The number of fused-ring (bicyclic) bond motifs is 1. The number of aromatic nitrogens is 2. The van der Waals surface area contributed by atoms with Gasteiger partial charge in [-0.25, -0.2) is 4.98 Å². The number of hydrogen-bond donors (Lipinski definition) is 1. The van der Waals surface area contributed by atoms with E-state index in [1.807, 2.05) is 35.9 Å². The summed E-state index contributed by atoms with van der Waals surface area (Å²) in [6.45, 7) is 2.06. The summed E-state index contributed by atoms with van der Waals surface area (Å²) in [6.07, 6.45) is 1.27. The summed E-state index contributed by atoms with van der Waals surface area (Å²) in [5.74, 6) is 0.762. The van der Waals surface area contributed by atoms with Crippen LogP contribution in [0.1, 0.15) is 31.7 Å². The summed E-state index contributed by atoms with van der Waals surface area (Å²) in [7, 11) is 1.95. The molecule has 0 saturated heterocycles. The first kappa shape index (κ1) is 10.2. The Morgan fingerprint density at radius 2 is 2.13 bits per heavy atom. The van der Waals surface area contributed by atoms with Crippen LogP contribution < -0.4 is 0 Å². The Kier molecular flexibility index (Phi) is 2.73. The molecular formula is C12H16N2O. The normalized spacial score (nSPS) is 13.3. The fourth-order valence-electron chi connectivity index (χ4n) is 1.86. The van der Waals surface area contributed by atoms with Crippen molar-refractivity contribution in [2.24, 2.45) is 7.05 Å². The molecule has 80 valence electrons. The minimum absolute atomic E-state index is 0.451. The Bertz CT molecular complexity index is 462. The molecule has 0 aliphatic carbocycles. The fourth-order valence-corrected chi connectivity index (χ4v) is 1.86. The van der Waals surface area contributed by atoms with E-state index in [9.17, 15) is 5.11 Å². The van der Waals surface area contributed by atoms with Crippen molar-refractivity contribution in [3.05, 3.63) is 30.1 Å². The molecule has 0 radical (unpaired) electrons. The Hall–Kier alpha value is -1.35. The highest BCUT2D eigenvalue weighted by Gasteiger charge is 2.14. The Balaban J connectivity index is 2.48. The molecule has 2 rings (SSSR count). The van der Waals surface area contributed by atoms with E-state index in [0.29, 0.717) is 0 Å². The minimum Gasteiger partial charge on any atom is -0.385 e. The van der Waals surface area contributed by atoms with E-state index >= 15 is 0 Å². The highest BCUT2D eigenvalue weighted by Crippen LogP contribution is 2.21. The Morgan fingerprint density at radius 3 is 2.80 bits per heavy atom. The lowest BCUT2D eigenvalue weighted by Crippen LogP contribution is -2.05. The molecule has 0 aliphatic heterocycles. The predicted octanol–water partition coefficient (Wildman–Crippen LogP) is 2.41. The zero-order chi connectivity index (χ0) is 10.8. The predicted molar refractivity (Wildman–Crippen MR) is 60.6 cm³/mol. The maximum Gasteiger partial charge on any atom is 0.138 e. The summed E-state index contributed by atoms with van der Waals surface area (Å²) in [6, 6.07) is 7.94. The number of para-hydroxylation sites is 2. The molecule has 0 bridgehead atoms. The molecule has 1 unspecified atom stereocenters. The first-order valence-corrected chi connectivity index (χ1v) is 5.33. The zero-order valence-corrected chi connectivity index (χ0v) is 9.14. The van der Waals surface area contributed by atoms with Gasteiger partial charge < -0.3 is 9.67 Å². The second-order valence-corrected chi connectivity index (χ2v) is 3.82. The molecule has 1 heterocycles. The molecule has 0 aliphatic rings. The second kappa shape index (κ2) is 4.03. The average Bonchev–Trinajstić information content (AvgIpc) is 2.57. The van der Waals surface area contributed by atoms with Gasteiger partial charge in [0.25, 0.3) is 0 Å². The third-order valence-electron chi connectivity index (χ3n) is 2.68. The van der Waals surface area contributed by atoms with Gasteiger partial charge in [0.05, 0.1) is 11.0 Å². The summed E-state index contributed by atoms with van der Waals surface area (Å²) in [5, 5.41) is 9.92. The smallest absolute Gasteiger partial charge is 0.138 e. The minimum atomic E-state index is -0.451. The van der Waals surface area contributed by atoms with E-state index in [-0.39, 0.29) is 0 Å². The van der Waals surface area contributed by atoms with E-state index < -0.39 is 6.10 Å². The van der Waals surface area contributed by atoms with Crippen LogP contribution >= 0.6 is 0 Å². The van der Waals surface area contributed by atoms with Gasteiger partial charge in [0.1, 0.15) is 11.9 Å². The van der Waals surface area contributed by atoms with Crippen molar-refractivity contribution < 1.29 is 5.11 Å². The van der Waals surface area contributed by atoms with Crippen molar-refractivity contribution in [3.8, 4) is 0 Å². The number of nitrogens with zero attached hydrogens (tertiary/aromatic N) is 2. The first-order chi connectivity index (χ1) is 7.24. The van der Waals surface area contributed by atoms with Crippen molar-refractivity contribution in [1.29, 1.82) is 0 Å². The van der Waals surface area contributed by atoms with Crippen LogP contribution in [0.15, 0.2) is 24.3 Å². The fraction of sp³-hybridized carbons (Fsp3) is 0.417. The summed E-state index contributed by atoms with van der Waals surface area (Å²) in [4.78, 5) is 4.44. The van der Waals surface area contributed by atoms with Gasteiger partial charge in [-0.15, -0.1) is 0 Å². The number of imidazole rings is 1. The number of hydrogen-bond acceptors (Lipinski definition) is 2. The molecule has 0 amide bonds. The lowest BCUT2D eigenvalue weighted by molar-refractivity contribution is 0.154. The highest BCUT2D eigenvalue weighted by molar-refractivity contribution is 5.75. The number of benzene rings is 1. The van der Waals surface area contributed by atoms with Crippen LogP contribution in [0.2, 0.25) is 0 Å². The van der Waals surface area contributed by atoms with Crippen molar-refractivity contribution >= 4 is 11.0 Å². The molecule has 0 spiro atoms. The standard InChI is InChI=1S/C12H16N2O/c1-3-6-11(15)12-13-9-7-4-5-8-10(9)14(12)2/h4-5,7-8,11,15H,3,6H2,1-2H3. The van der Waals surface area contributed by atoms with Gasteiger partial charge in [-0.1, -0.05) is 25.5 Å². The molecule has 1 aromatic heterocycles. The Labute approximate surface area is 89.4 Å². The van der Waals surface area contributed by atoms with Crippen LogP contribution in [-0.2, 0) is 7.05 Å². The third kappa shape index (κ3) is 1.75. The van der Waals surface area contributed by atoms with Crippen molar-refractivity contribution in [2.75, 3.05) is 0 Å². The number of aliphatic hydroxyl groups excluding tert-OH is 1. The zero-order valence-electron chi connectivity index (χ0n) is 9.14. The largest absolute Gasteiger partial charge is 0.385 e. The maximum absolute atomic E-state index is 9.92. The average molecular weight is 204 g/mol. The van der Waals surface area contributed by atoms with Crippen LogP contribution in [0.5, 0.6) is 0 Å². The summed E-state index contributed by atoms with van der Waals surface area (Å²) >= 11 is 0. The number of aryl methyl sites for hydroxylation is 1. The number of rotatable bonds is 3. The lowest BCUT2D eigenvalue weighted by atomic mass is 10.2. The summed E-state index contributed by atoms with van der Waals surface area (Å²) in [5.41, 5.74) is 2.02. The third-order valence-corrected chi connectivity index (χ3v) is 2.68. The van der Waals surface area contributed by atoms with Crippen LogP contribution in [0.4, 0.5) is 0 Å². The maximum atomic E-state index is 9.92. The van der Waals surface area contributed by atoms with E-state index in [1.165, 1.54) is 0 Å². The molecule has 1 N–H and O–H groups in total. The molecule has 0 saturated carbocycles. The molecular weight excluding hydrogens is 188 g/mol.